The molecule has 0 saturated carbocycles. The van der Waals surface area contributed by atoms with E-state index in [1.165, 1.54) is 31.2 Å². The van der Waals surface area contributed by atoms with Crippen LogP contribution in [-0.2, 0) is 14.4 Å². The molecule has 144 valence electrons. The van der Waals surface area contributed by atoms with Gasteiger partial charge in [-0.1, -0.05) is 24.3 Å². The molecule has 1 saturated heterocycles. The molecular formula is C20H18N2O6. The van der Waals surface area contributed by atoms with E-state index in [0.29, 0.717) is 11.3 Å². The van der Waals surface area contributed by atoms with E-state index in [1.807, 2.05) is 6.07 Å². The second kappa shape index (κ2) is 7.83. The van der Waals surface area contributed by atoms with Crippen molar-refractivity contribution in [1.29, 1.82) is 0 Å². The summed E-state index contributed by atoms with van der Waals surface area (Å²) < 4.78 is 10.6. The van der Waals surface area contributed by atoms with E-state index < -0.39 is 23.9 Å². The number of para-hydroxylation sites is 1. The van der Waals surface area contributed by atoms with Gasteiger partial charge in [-0.05, 0) is 42.8 Å². The lowest BCUT2D eigenvalue weighted by Crippen LogP contribution is -2.35. The Labute approximate surface area is 160 Å². The first-order chi connectivity index (χ1) is 13.4. The lowest BCUT2D eigenvalue weighted by atomic mass is 10.1. The molecule has 0 aliphatic carbocycles. The summed E-state index contributed by atoms with van der Waals surface area (Å²) in [4.78, 5) is 35.8. The van der Waals surface area contributed by atoms with Crippen molar-refractivity contribution in [3.05, 3.63) is 59.7 Å². The SMILES string of the molecule is COc1cc(/C=C2/C(=O)NN(c3ccccc3)C2=O)ccc1O[C@H](C)C(=O)O. The Morgan fingerprint density at radius 2 is 1.86 bits per heavy atom. The number of hydrogen-bond acceptors (Lipinski definition) is 5. The smallest absolute Gasteiger partial charge is 0.344 e. The molecule has 0 spiro atoms. The molecule has 0 aromatic heterocycles. The predicted molar refractivity (Wildman–Crippen MR) is 101 cm³/mol. The molecular weight excluding hydrogens is 364 g/mol. The molecule has 2 amide bonds. The second-order valence-electron chi connectivity index (χ2n) is 5.98. The van der Waals surface area contributed by atoms with Gasteiger partial charge in [0.25, 0.3) is 11.8 Å². The van der Waals surface area contributed by atoms with Gasteiger partial charge in [0, 0.05) is 0 Å². The van der Waals surface area contributed by atoms with E-state index in [4.69, 9.17) is 14.6 Å². The number of nitrogens with zero attached hydrogens (tertiary/aromatic N) is 1. The molecule has 28 heavy (non-hydrogen) atoms. The van der Waals surface area contributed by atoms with Gasteiger partial charge >= 0.3 is 5.97 Å². The summed E-state index contributed by atoms with van der Waals surface area (Å²) >= 11 is 0. The number of hydrazine groups is 1. The number of carbonyl (C=O) groups excluding carboxylic acids is 2. The van der Waals surface area contributed by atoms with E-state index in [2.05, 4.69) is 5.43 Å². The summed E-state index contributed by atoms with van der Waals surface area (Å²) in [6.07, 6.45) is 0.382. The average Bonchev–Trinajstić information content (AvgIpc) is 2.97. The van der Waals surface area contributed by atoms with Gasteiger partial charge in [-0.25, -0.2) is 9.80 Å². The van der Waals surface area contributed by atoms with Crippen LogP contribution < -0.4 is 19.9 Å². The molecule has 0 radical (unpaired) electrons. The zero-order chi connectivity index (χ0) is 20.3. The Bertz CT molecular complexity index is 954. The fourth-order valence-corrected chi connectivity index (χ4v) is 2.60. The monoisotopic (exact) mass is 382 g/mol. The minimum atomic E-state index is -1.11. The molecule has 1 aliphatic heterocycles. The molecule has 1 atom stereocenters. The zero-order valence-corrected chi connectivity index (χ0v) is 15.2. The number of carboxylic acid groups (broad SMARTS) is 1. The predicted octanol–water partition coefficient (Wildman–Crippen LogP) is 2.01. The highest BCUT2D eigenvalue weighted by molar-refractivity contribution is 6.31. The van der Waals surface area contributed by atoms with Crippen LogP contribution in [0.15, 0.2) is 54.1 Å². The normalized spacial score (nSPS) is 16.1. The largest absolute Gasteiger partial charge is 0.493 e. The maximum absolute atomic E-state index is 12.6. The first-order valence-corrected chi connectivity index (χ1v) is 8.40. The van der Waals surface area contributed by atoms with E-state index >= 15 is 0 Å². The van der Waals surface area contributed by atoms with Crippen molar-refractivity contribution in [1.82, 2.24) is 5.43 Å². The number of hydrogen-bond donors (Lipinski definition) is 2. The number of nitrogens with one attached hydrogen (secondary N) is 1. The van der Waals surface area contributed by atoms with Gasteiger partial charge in [-0.2, -0.15) is 0 Å². The number of carboxylic acids is 1. The lowest BCUT2D eigenvalue weighted by Gasteiger charge is -2.14. The van der Waals surface area contributed by atoms with Crippen LogP contribution in [0.4, 0.5) is 5.69 Å². The molecule has 1 heterocycles. The summed E-state index contributed by atoms with van der Waals surface area (Å²) in [7, 11) is 1.41. The lowest BCUT2D eigenvalue weighted by molar-refractivity contribution is -0.144. The fraction of sp³-hybridized carbons (Fsp3) is 0.150. The van der Waals surface area contributed by atoms with Gasteiger partial charge in [-0.15, -0.1) is 0 Å². The van der Waals surface area contributed by atoms with Gasteiger partial charge in [0.15, 0.2) is 17.6 Å². The van der Waals surface area contributed by atoms with Crippen molar-refractivity contribution < 1.29 is 29.0 Å². The third kappa shape index (κ3) is 3.80. The number of carbonyl (C=O) groups is 3. The summed E-state index contributed by atoms with van der Waals surface area (Å²) in [5.41, 5.74) is 3.57. The zero-order valence-electron chi connectivity index (χ0n) is 15.2. The minimum absolute atomic E-state index is 0.0292. The van der Waals surface area contributed by atoms with Crippen LogP contribution in [0.1, 0.15) is 12.5 Å². The Hall–Kier alpha value is -3.81. The first kappa shape index (κ1) is 19.0. The fourth-order valence-electron chi connectivity index (χ4n) is 2.60. The van der Waals surface area contributed by atoms with Crippen LogP contribution in [0.3, 0.4) is 0 Å². The van der Waals surface area contributed by atoms with Crippen LogP contribution in [0.25, 0.3) is 6.08 Å². The van der Waals surface area contributed by atoms with Crippen LogP contribution in [0, 0.1) is 0 Å². The van der Waals surface area contributed by atoms with Crippen LogP contribution in [0.5, 0.6) is 11.5 Å². The number of ether oxygens (including phenoxy) is 2. The molecule has 0 unspecified atom stereocenters. The summed E-state index contributed by atoms with van der Waals surface area (Å²) in [5, 5.41) is 10.1. The van der Waals surface area contributed by atoms with Crippen molar-refractivity contribution in [2.45, 2.75) is 13.0 Å². The van der Waals surface area contributed by atoms with E-state index in [0.717, 1.165) is 0 Å². The molecule has 2 aromatic carbocycles. The number of amides is 2. The molecule has 0 bridgehead atoms. The van der Waals surface area contributed by atoms with Crippen LogP contribution >= 0.6 is 0 Å². The third-order valence-corrected chi connectivity index (χ3v) is 4.06. The summed E-state index contributed by atoms with van der Waals surface area (Å²) in [5.74, 6) is -1.58. The van der Waals surface area contributed by atoms with Crippen LogP contribution in [-0.4, -0.2) is 36.1 Å². The second-order valence-corrected chi connectivity index (χ2v) is 5.98. The maximum Gasteiger partial charge on any atom is 0.344 e. The number of anilines is 1. The number of benzene rings is 2. The van der Waals surface area contributed by atoms with Gasteiger partial charge in [0.1, 0.15) is 5.57 Å². The van der Waals surface area contributed by atoms with Crippen molar-refractivity contribution >= 4 is 29.5 Å². The molecule has 3 rings (SSSR count). The molecule has 2 N–H and O–H groups in total. The van der Waals surface area contributed by atoms with Gasteiger partial charge in [0.2, 0.25) is 0 Å². The summed E-state index contributed by atoms with van der Waals surface area (Å²) in [6.45, 7) is 1.40. The van der Waals surface area contributed by atoms with E-state index in [1.54, 1.807) is 36.4 Å². The molecule has 8 nitrogen and oxygen atoms in total. The van der Waals surface area contributed by atoms with Crippen LogP contribution in [0.2, 0.25) is 0 Å². The average molecular weight is 382 g/mol. The molecule has 1 aliphatic rings. The van der Waals surface area contributed by atoms with E-state index in [9.17, 15) is 14.4 Å². The van der Waals surface area contributed by atoms with Crippen molar-refractivity contribution in [3.8, 4) is 11.5 Å². The summed E-state index contributed by atoms with van der Waals surface area (Å²) in [6, 6.07) is 13.4. The van der Waals surface area contributed by atoms with Crippen molar-refractivity contribution in [3.63, 3.8) is 0 Å². The molecule has 8 heteroatoms. The molecule has 1 fully saturated rings. The third-order valence-electron chi connectivity index (χ3n) is 4.06. The Morgan fingerprint density at radius 3 is 2.50 bits per heavy atom. The van der Waals surface area contributed by atoms with E-state index in [-0.39, 0.29) is 17.1 Å². The first-order valence-electron chi connectivity index (χ1n) is 8.40. The Balaban J connectivity index is 1.87. The maximum atomic E-state index is 12.6. The van der Waals surface area contributed by atoms with Crippen molar-refractivity contribution in [2.24, 2.45) is 0 Å². The highest BCUT2D eigenvalue weighted by atomic mass is 16.5. The van der Waals surface area contributed by atoms with Gasteiger partial charge in [0.05, 0.1) is 12.8 Å². The minimum Gasteiger partial charge on any atom is -0.493 e. The van der Waals surface area contributed by atoms with Gasteiger partial charge < -0.3 is 14.6 Å². The number of methoxy groups -OCH3 is 1. The highest BCUT2D eigenvalue weighted by Crippen LogP contribution is 2.30. The Kier molecular flexibility index (Phi) is 5.30. The standard InChI is InChI=1S/C20H18N2O6/c1-12(20(25)26)28-16-9-8-13(11-17(16)27-2)10-15-18(23)21-22(19(15)24)14-6-4-3-5-7-14/h3-12H,1-2H3,(H,21,23)(H,25,26)/b15-10-/t12-/m1/s1. The van der Waals surface area contributed by atoms with Gasteiger partial charge in [-0.3, -0.25) is 15.0 Å². The quantitative estimate of drug-likeness (QED) is 0.585. The highest BCUT2D eigenvalue weighted by Gasteiger charge is 2.34. The Morgan fingerprint density at radius 1 is 1.14 bits per heavy atom. The van der Waals surface area contributed by atoms with Crippen molar-refractivity contribution in [2.75, 3.05) is 12.1 Å². The number of aliphatic carboxylic acids is 1. The molecule has 2 aromatic rings. The topological polar surface area (TPSA) is 105 Å². The number of rotatable bonds is 6.